The number of aromatic amines is 1. The van der Waals surface area contributed by atoms with Crippen molar-refractivity contribution in [1.82, 2.24) is 35.0 Å². The van der Waals surface area contributed by atoms with Gasteiger partial charge in [-0.05, 0) is 99.3 Å². The normalized spacial score (nSPS) is 17.3. The third-order valence-electron chi connectivity index (χ3n) is 12.9. The highest BCUT2D eigenvalue weighted by Crippen LogP contribution is 2.46. The highest BCUT2D eigenvalue weighted by atomic mass is 16.6. The quantitative estimate of drug-likeness (QED) is 0.0963. The van der Waals surface area contributed by atoms with Crippen LogP contribution in [0.4, 0.5) is 16.4 Å². The number of hydrogen-bond donors (Lipinski definition) is 3. The Kier molecular flexibility index (Phi) is 13.9. The molecule has 2 aromatic carbocycles. The lowest BCUT2D eigenvalue weighted by Gasteiger charge is -2.39. The molecule has 4 aromatic rings. The van der Waals surface area contributed by atoms with Gasteiger partial charge in [-0.2, -0.15) is 5.26 Å². The van der Waals surface area contributed by atoms with Crippen LogP contribution >= 0.6 is 0 Å². The van der Waals surface area contributed by atoms with E-state index in [0.29, 0.717) is 74.5 Å². The fraction of sp³-hybridized carbons (Fsp3) is 0.490. The molecule has 4 heterocycles. The summed E-state index contributed by atoms with van der Waals surface area (Å²) in [6, 6.07) is 10.5. The number of aryl methyl sites for hydroxylation is 2. The molecule has 67 heavy (non-hydrogen) atoms. The van der Waals surface area contributed by atoms with Crippen LogP contribution in [0.25, 0.3) is 17.0 Å². The van der Waals surface area contributed by atoms with Crippen LogP contribution in [0.1, 0.15) is 125 Å². The van der Waals surface area contributed by atoms with Crippen LogP contribution in [0, 0.1) is 21.4 Å². The summed E-state index contributed by atoms with van der Waals surface area (Å²) in [5.74, 6) is -0.919. The van der Waals surface area contributed by atoms with E-state index in [1.807, 2.05) is 17.0 Å². The van der Waals surface area contributed by atoms with Crippen molar-refractivity contribution in [3.05, 3.63) is 91.9 Å². The number of hydrogen-bond acceptors (Lipinski definition) is 11. The lowest BCUT2D eigenvalue weighted by Crippen LogP contribution is -2.51. The van der Waals surface area contributed by atoms with Crippen LogP contribution in [0.15, 0.2) is 42.6 Å². The molecule has 0 spiro atoms. The lowest BCUT2D eigenvalue weighted by molar-refractivity contribution is -0.396. The third-order valence-corrected chi connectivity index (χ3v) is 12.9. The van der Waals surface area contributed by atoms with Gasteiger partial charge in [0.05, 0.1) is 23.7 Å². The summed E-state index contributed by atoms with van der Waals surface area (Å²) in [7, 11) is 0. The number of rotatable bonds is 14. The van der Waals surface area contributed by atoms with Crippen molar-refractivity contribution in [2.24, 2.45) is 0 Å². The van der Waals surface area contributed by atoms with E-state index in [-0.39, 0.29) is 55.4 Å². The van der Waals surface area contributed by atoms with Gasteiger partial charge in [-0.25, -0.2) is 9.36 Å². The molecule has 1 aliphatic carbocycles. The van der Waals surface area contributed by atoms with Crippen molar-refractivity contribution in [3.63, 3.8) is 0 Å². The van der Waals surface area contributed by atoms with Gasteiger partial charge in [0, 0.05) is 91.9 Å². The number of piperazine rings is 1. The van der Waals surface area contributed by atoms with Gasteiger partial charge in [0.2, 0.25) is 17.7 Å². The number of nitro groups is 1. The number of fused-ring (bicyclic) bond motifs is 4. The highest BCUT2D eigenvalue weighted by Gasteiger charge is 2.41. The molecule has 2 fully saturated rings. The number of carbonyl (C=O) groups is 5. The smallest absolute Gasteiger partial charge is 0.435 e. The van der Waals surface area contributed by atoms with Gasteiger partial charge in [0.15, 0.2) is 11.5 Å². The Labute approximate surface area is 389 Å². The molecule has 2 aromatic heterocycles. The van der Waals surface area contributed by atoms with Gasteiger partial charge in [-0.3, -0.25) is 19.2 Å². The number of nitrogens with one attached hydrogen (secondary N) is 3. The summed E-state index contributed by atoms with van der Waals surface area (Å²) in [6.45, 7) is 16.3. The van der Waals surface area contributed by atoms with Crippen molar-refractivity contribution >= 4 is 58.2 Å². The zero-order valence-corrected chi connectivity index (χ0v) is 39.4. The number of ether oxygens (including phenoxy) is 1. The Balaban J connectivity index is 0.933. The average molecular weight is 917 g/mol. The summed E-state index contributed by atoms with van der Waals surface area (Å²) >= 11 is 0. The second-order valence-electron chi connectivity index (χ2n) is 19.1. The minimum Gasteiger partial charge on any atom is -0.444 e. The first-order valence-corrected chi connectivity index (χ1v) is 23.0. The van der Waals surface area contributed by atoms with Gasteiger partial charge in [-0.15, -0.1) is 0 Å². The number of carbonyl (C=O) groups excluding carboxylic acids is 5. The molecular weight excluding hydrogens is 857 g/mol. The predicted octanol–water partition coefficient (Wildman–Crippen LogP) is 6.13. The van der Waals surface area contributed by atoms with Crippen LogP contribution in [0.3, 0.4) is 0 Å². The fourth-order valence-corrected chi connectivity index (χ4v) is 9.39. The molecule has 354 valence electrons. The maximum absolute atomic E-state index is 14.1. The van der Waals surface area contributed by atoms with Gasteiger partial charge in [0.1, 0.15) is 17.8 Å². The first-order chi connectivity index (χ1) is 31.8. The van der Waals surface area contributed by atoms with Crippen molar-refractivity contribution in [1.29, 1.82) is 5.26 Å². The van der Waals surface area contributed by atoms with Crippen LogP contribution in [0.2, 0.25) is 0 Å². The Morgan fingerprint density at radius 3 is 2.51 bits per heavy atom. The number of nitrogens with zero attached hydrogens (tertiary/aromatic N) is 7. The van der Waals surface area contributed by atoms with E-state index < -0.39 is 34.0 Å². The largest absolute Gasteiger partial charge is 0.444 e. The first-order valence-electron chi connectivity index (χ1n) is 23.0. The number of imidazole rings is 1. The number of amides is 4. The maximum atomic E-state index is 14.1. The molecule has 4 amide bonds. The van der Waals surface area contributed by atoms with E-state index in [9.17, 15) is 39.3 Å². The monoisotopic (exact) mass is 916 g/mol. The maximum Gasteiger partial charge on any atom is 0.435 e. The van der Waals surface area contributed by atoms with E-state index in [2.05, 4.69) is 58.4 Å². The van der Waals surface area contributed by atoms with Gasteiger partial charge < -0.3 is 45.2 Å². The second-order valence-corrected chi connectivity index (χ2v) is 19.1. The molecule has 0 bridgehead atoms. The molecule has 3 aliphatic rings. The number of alkyl carbamates (subject to hydrolysis) is 1. The Bertz CT molecular complexity index is 2680. The van der Waals surface area contributed by atoms with Gasteiger partial charge >= 0.3 is 12.0 Å². The minimum absolute atomic E-state index is 0.00211. The standard InChI is InChI=1S/C49H60N10O8/c1-8-32-25-36-37(49(6,7)44-42(43(36)62)35-16-15-31(27-50)24-39(35)53-44)26-40(32)55-20-22-56(23-21-55)41(61)14-10-9-12-33-29-58(46(52-33)59(65)66)18-11-13-38(54-47(64)67-48(3,4)5)45(63)51-34-17-19-57(28-34)30(2)60/h9,12,15-16,24-26,29,34,38,53H,8,10-11,13-14,17-23,28H2,1-7H3,(H,51,63)(H,54,64)/b12-9+/t34-,38+/m1/s1. The van der Waals surface area contributed by atoms with Crippen LogP contribution in [-0.4, -0.2) is 116 Å². The van der Waals surface area contributed by atoms with Gasteiger partial charge in [0.25, 0.3) is 0 Å². The minimum atomic E-state index is -0.988. The number of H-pyrrole nitrogens is 1. The molecule has 0 saturated carbocycles. The third kappa shape index (κ3) is 10.5. The van der Waals surface area contributed by atoms with Crippen molar-refractivity contribution in [3.8, 4) is 6.07 Å². The molecular formula is C49H60N10O8. The zero-order chi connectivity index (χ0) is 48.4. The summed E-state index contributed by atoms with van der Waals surface area (Å²) in [5.41, 5.74) is 5.58. The zero-order valence-electron chi connectivity index (χ0n) is 39.4. The van der Waals surface area contributed by atoms with Crippen LogP contribution in [-0.2, 0) is 37.5 Å². The van der Waals surface area contributed by atoms with Crippen molar-refractivity contribution < 1.29 is 33.6 Å². The van der Waals surface area contributed by atoms with Crippen LogP contribution < -0.4 is 15.5 Å². The molecule has 0 unspecified atom stereocenters. The highest BCUT2D eigenvalue weighted by molar-refractivity contribution is 6.20. The van der Waals surface area contributed by atoms with E-state index in [1.165, 1.54) is 11.5 Å². The lowest BCUT2D eigenvalue weighted by atomic mass is 9.70. The molecule has 7 rings (SSSR count). The van der Waals surface area contributed by atoms with E-state index >= 15 is 0 Å². The molecule has 18 nitrogen and oxygen atoms in total. The number of ketones is 1. The molecule has 3 N–H and O–H groups in total. The molecule has 18 heteroatoms. The number of nitriles is 1. The number of benzene rings is 2. The second kappa shape index (κ2) is 19.4. The molecule has 2 saturated heterocycles. The topological polar surface area (TPSA) is 229 Å². The summed E-state index contributed by atoms with van der Waals surface area (Å²) in [4.78, 5) is 90.2. The Morgan fingerprint density at radius 2 is 1.85 bits per heavy atom. The number of likely N-dealkylation sites (tertiary alicyclic amines) is 1. The van der Waals surface area contributed by atoms with E-state index in [4.69, 9.17) is 4.74 Å². The van der Waals surface area contributed by atoms with Crippen LogP contribution in [0.5, 0.6) is 0 Å². The number of allylic oxidation sites excluding steroid dienone is 1. The molecule has 2 atom stereocenters. The van der Waals surface area contributed by atoms with E-state index in [1.54, 1.807) is 56.2 Å². The number of aromatic nitrogens is 3. The van der Waals surface area contributed by atoms with Gasteiger partial charge in [-0.1, -0.05) is 37.9 Å². The van der Waals surface area contributed by atoms with E-state index in [0.717, 1.165) is 39.8 Å². The van der Waals surface area contributed by atoms with Crippen molar-refractivity contribution in [2.45, 2.75) is 117 Å². The summed E-state index contributed by atoms with van der Waals surface area (Å²) in [6.07, 6.45) is 6.59. The molecule has 0 radical (unpaired) electrons. The Morgan fingerprint density at radius 1 is 1.10 bits per heavy atom. The SMILES string of the molecule is CCc1cc2c(cc1N1CCN(C(=O)CC/C=C/c3cn(CCC[C@H](NC(=O)OC(C)(C)C)C(=O)N[C@@H]4CCN(C(C)=O)C4)c([N+](=O)[O-])n3)CC1)C(C)(C)c1[nH]c3cc(C#N)ccc3c1C2=O. The average Bonchev–Trinajstić information content (AvgIpc) is 4.03. The predicted molar refractivity (Wildman–Crippen MR) is 252 cm³/mol. The summed E-state index contributed by atoms with van der Waals surface area (Å²) < 4.78 is 6.78. The molecule has 2 aliphatic heterocycles. The fourth-order valence-electron chi connectivity index (χ4n) is 9.39. The summed E-state index contributed by atoms with van der Waals surface area (Å²) in [5, 5.41) is 27.8. The number of anilines is 1. The first kappa shape index (κ1) is 47.9. The Hall–Kier alpha value is -7.03. The van der Waals surface area contributed by atoms with Crippen molar-refractivity contribution in [2.75, 3.05) is 44.2 Å².